The molecule has 0 aromatic heterocycles. The molecule has 0 aliphatic heterocycles. The zero-order valence-electron chi connectivity index (χ0n) is 27.8. The van der Waals surface area contributed by atoms with E-state index in [9.17, 15) is 4.79 Å². The molecule has 4 fully saturated rings. The summed E-state index contributed by atoms with van der Waals surface area (Å²) in [5, 5.41) is 0. The Bertz CT molecular complexity index is 1220. The van der Waals surface area contributed by atoms with Gasteiger partial charge in [-0.3, -0.25) is 4.79 Å². The first-order valence-corrected chi connectivity index (χ1v) is 18.0. The minimum absolute atomic E-state index is 0.182. The van der Waals surface area contributed by atoms with Gasteiger partial charge >= 0.3 is 0 Å². The van der Waals surface area contributed by atoms with E-state index in [1.165, 1.54) is 68.9 Å². The minimum Gasteiger partial charge on any atom is -0.489 e. The van der Waals surface area contributed by atoms with E-state index in [1.807, 2.05) is 6.07 Å². The van der Waals surface area contributed by atoms with Crippen LogP contribution >= 0.6 is 0 Å². The van der Waals surface area contributed by atoms with E-state index in [0.717, 1.165) is 60.5 Å². The van der Waals surface area contributed by atoms with Gasteiger partial charge in [0.1, 0.15) is 18.1 Å². The third kappa shape index (κ3) is 6.11. The second-order valence-corrected chi connectivity index (χ2v) is 16.3. The maximum absolute atomic E-state index is 13.5. The van der Waals surface area contributed by atoms with Crippen LogP contribution in [0.25, 0.3) is 0 Å². The third-order valence-corrected chi connectivity index (χ3v) is 13.6. The van der Waals surface area contributed by atoms with Crippen LogP contribution in [-0.4, -0.2) is 5.78 Å². The fraction of sp³-hybridized carbons (Fsp3) is 0.683. The molecule has 234 valence electrons. The molecule has 0 spiro atoms. The summed E-state index contributed by atoms with van der Waals surface area (Å²) in [4.78, 5) is 13.5. The molecule has 0 bridgehead atoms. The molecule has 2 aromatic carbocycles. The lowest BCUT2D eigenvalue weighted by Gasteiger charge is -2.62. The van der Waals surface area contributed by atoms with Gasteiger partial charge in [0.2, 0.25) is 0 Å². The second-order valence-electron chi connectivity index (χ2n) is 16.3. The van der Waals surface area contributed by atoms with Crippen LogP contribution in [0.15, 0.2) is 54.6 Å². The number of Topliss-reactive ketones (excluding diaryl/α,β-unsaturated/α-hetero) is 1. The summed E-state index contributed by atoms with van der Waals surface area (Å²) in [6, 6.07) is 19.0. The summed E-state index contributed by atoms with van der Waals surface area (Å²) >= 11 is 0. The standard InChI is InChI=1S/C41H58O2/c1-28(2)10-9-11-29(3)35-20-21-36-33-18-19-37-34(39(42)23-25-41(37,5)38(33)22-24-40(35,36)4)26-30-14-16-32(17-15-30)43-27-31-12-7-6-8-13-31/h6-8,12-17,28-29,33-38H,9-11,18-27H2,1-5H3/t29-,33+,34+,35-,36+,37+,38+,40-,41+/m1/s1. The molecule has 0 unspecified atom stereocenters. The Hall–Kier alpha value is -2.09. The van der Waals surface area contributed by atoms with E-state index in [2.05, 4.69) is 83.1 Å². The van der Waals surface area contributed by atoms with E-state index in [1.54, 1.807) is 0 Å². The van der Waals surface area contributed by atoms with Crippen molar-refractivity contribution >= 4 is 5.78 Å². The van der Waals surface area contributed by atoms with Crippen molar-refractivity contribution in [3.63, 3.8) is 0 Å². The number of carbonyl (C=O) groups excluding carboxylic acids is 1. The molecule has 0 saturated heterocycles. The normalized spacial score (nSPS) is 36.1. The van der Waals surface area contributed by atoms with Gasteiger partial charge < -0.3 is 4.74 Å². The summed E-state index contributed by atoms with van der Waals surface area (Å²) in [6.07, 6.45) is 15.4. The number of fused-ring (bicyclic) bond motifs is 5. The van der Waals surface area contributed by atoms with Crippen LogP contribution in [0, 0.1) is 58.2 Å². The first-order chi connectivity index (χ1) is 20.7. The molecule has 0 radical (unpaired) electrons. The molecule has 9 atom stereocenters. The molecule has 6 rings (SSSR count). The van der Waals surface area contributed by atoms with Crippen molar-refractivity contribution in [1.29, 1.82) is 0 Å². The van der Waals surface area contributed by atoms with E-state index < -0.39 is 0 Å². The average molecular weight is 583 g/mol. The highest BCUT2D eigenvalue weighted by Gasteiger charge is 2.61. The largest absolute Gasteiger partial charge is 0.489 e. The molecule has 2 heteroatoms. The number of ketones is 1. The highest BCUT2D eigenvalue weighted by atomic mass is 16.5. The number of hydrogen-bond acceptors (Lipinski definition) is 2. The molecule has 0 heterocycles. The fourth-order valence-corrected chi connectivity index (χ4v) is 11.3. The summed E-state index contributed by atoms with van der Waals surface area (Å²) in [7, 11) is 0. The van der Waals surface area contributed by atoms with Crippen molar-refractivity contribution in [3.05, 3.63) is 65.7 Å². The maximum atomic E-state index is 13.5. The molecule has 4 aliphatic carbocycles. The number of benzene rings is 2. The summed E-state index contributed by atoms with van der Waals surface area (Å²) in [5.74, 6) is 7.36. The monoisotopic (exact) mass is 582 g/mol. The van der Waals surface area contributed by atoms with Crippen LogP contribution in [0.1, 0.15) is 116 Å². The number of hydrogen-bond donors (Lipinski definition) is 0. The molecule has 2 nitrogen and oxygen atoms in total. The topological polar surface area (TPSA) is 26.3 Å². The highest BCUT2D eigenvalue weighted by Crippen LogP contribution is 2.68. The summed E-state index contributed by atoms with van der Waals surface area (Å²) in [6.45, 7) is 13.2. The first-order valence-electron chi connectivity index (χ1n) is 18.0. The lowest BCUT2D eigenvalue weighted by molar-refractivity contribution is -0.152. The Morgan fingerprint density at radius 1 is 0.767 bits per heavy atom. The molecule has 43 heavy (non-hydrogen) atoms. The van der Waals surface area contributed by atoms with Crippen molar-refractivity contribution in [1.82, 2.24) is 0 Å². The molecule has 4 aliphatic rings. The van der Waals surface area contributed by atoms with E-state index in [0.29, 0.717) is 29.1 Å². The minimum atomic E-state index is 0.182. The van der Waals surface area contributed by atoms with Crippen molar-refractivity contribution in [2.45, 2.75) is 118 Å². The van der Waals surface area contributed by atoms with Gasteiger partial charge in [0.05, 0.1) is 0 Å². The Balaban J connectivity index is 1.11. The second kappa shape index (κ2) is 12.7. The molecule has 0 N–H and O–H groups in total. The van der Waals surface area contributed by atoms with E-state index in [-0.39, 0.29) is 5.92 Å². The van der Waals surface area contributed by atoms with Crippen LogP contribution in [0.3, 0.4) is 0 Å². The predicted octanol–water partition coefficient (Wildman–Crippen LogP) is 10.7. The van der Waals surface area contributed by atoms with Gasteiger partial charge in [0, 0.05) is 12.3 Å². The quantitative estimate of drug-likeness (QED) is 0.278. The number of carbonyl (C=O) groups is 1. The lowest BCUT2D eigenvalue weighted by Crippen LogP contribution is -2.56. The number of ether oxygens (including phenoxy) is 1. The Morgan fingerprint density at radius 3 is 2.23 bits per heavy atom. The maximum Gasteiger partial charge on any atom is 0.136 e. The van der Waals surface area contributed by atoms with Gasteiger partial charge in [-0.1, -0.05) is 96.3 Å². The Labute approximate surface area is 262 Å². The van der Waals surface area contributed by atoms with Crippen LogP contribution in [-0.2, 0) is 17.8 Å². The van der Waals surface area contributed by atoms with Gasteiger partial charge in [0.25, 0.3) is 0 Å². The third-order valence-electron chi connectivity index (χ3n) is 13.6. The van der Waals surface area contributed by atoms with Gasteiger partial charge in [0.15, 0.2) is 0 Å². The van der Waals surface area contributed by atoms with Crippen molar-refractivity contribution in [3.8, 4) is 5.75 Å². The van der Waals surface area contributed by atoms with Crippen LogP contribution in [0.2, 0.25) is 0 Å². The fourth-order valence-electron chi connectivity index (χ4n) is 11.3. The SMILES string of the molecule is CC(C)CCC[C@@H](C)[C@H]1CC[C@H]2[C@@H]3CC[C@H]4[C@H](Cc5ccc(OCc6ccccc6)cc5)C(=O)CC[C@]4(C)[C@H]3CC[C@]12C. The average Bonchev–Trinajstić information content (AvgIpc) is 3.36. The zero-order valence-corrected chi connectivity index (χ0v) is 27.8. The Kier molecular flexibility index (Phi) is 9.15. The zero-order chi connectivity index (χ0) is 30.2. The van der Waals surface area contributed by atoms with Gasteiger partial charge in [-0.25, -0.2) is 0 Å². The van der Waals surface area contributed by atoms with Crippen molar-refractivity contribution in [2.75, 3.05) is 0 Å². The van der Waals surface area contributed by atoms with Crippen molar-refractivity contribution < 1.29 is 9.53 Å². The smallest absolute Gasteiger partial charge is 0.136 e. The Morgan fingerprint density at radius 2 is 1.49 bits per heavy atom. The van der Waals surface area contributed by atoms with Crippen LogP contribution in [0.5, 0.6) is 5.75 Å². The van der Waals surface area contributed by atoms with Crippen molar-refractivity contribution in [2.24, 2.45) is 58.2 Å². The highest BCUT2D eigenvalue weighted by molar-refractivity contribution is 5.82. The van der Waals surface area contributed by atoms with Gasteiger partial charge in [-0.15, -0.1) is 0 Å². The molecule has 4 saturated carbocycles. The van der Waals surface area contributed by atoms with Crippen LogP contribution < -0.4 is 4.74 Å². The van der Waals surface area contributed by atoms with E-state index >= 15 is 0 Å². The summed E-state index contributed by atoms with van der Waals surface area (Å²) < 4.78 is 6.05. The molecular formula is C41H58O2. The lowest BCUT2D eigenvalue weighted by atomic mass is 9.43. The van der Waals surface area contributed by atoms with Crippen LogP contribution in [0.4, 0.5) is 0 Å². The van der Waals surface area contributed by atoms with Gasteiger partial charge in [-0.2, -0.15) is 0 Å². The number of rotatable bonds is 10. The van der Waals surface area contributed by atoms with Gasteiger partial charge in [-0.05, 0) is 127 Å². The van der Waals surface area contributed by atoms with E-state index in [4.69, 9.17) is 4.74 Å². The predicted molar refractivity (Wildman–Crippen MR) is 178 cm³/mol. The molecular weight excluding hydrogens is 524 g/mol. The molecule has 2 aromatic rings. The first kappa shape index (κ1) is 30.9. The summed E-state index contributed by atoms with van der Waals surface area (Å²) in [5.41, 5.74) is 3.33. The molecule has 0 amide bonds.